The lowest BCUT2D eigenvalue weighted by Gasteiger charge is -2.43. The van der Waals surface area contributed by atoms with Crippen LogP contribution in [0.15, 0.2) is 61.2 Å². The van der Waals surface area contributed by atoms with Crippen molar-refractivity contribution in [2.75, 3.05) is 19.6 Å². The molecule has 1 aromatic carbocycles. The average Bonchev–Trinajstić information content (AvgIpc) is 3.34. The summed E-state index contributed by atoms with van der Waals surface area (Å²) in [6.07, 6.45) is 8.53. The highest BCUT2D eigenvalue weighted by atomic mass is 16.2. The van der Waals surface area contributed by atoms with Crippen LogP contribution in [0.1, 0.15) is 41.4 Å². The van der Waals surface area contributed by atoms with Gasteiger partial charge in [0, 0.05) is 44.1 Å². The highest BCUT2D eigenvalue weighted by molar-refractivity contribution is 5.80. The van der Waals surface area contributed by atoms with Crippen molar-refractivity contribution >= 4 is 11.8 Å². The largest absolute Gasteiger partial charge is 0.348 e. The van der Waals surface area contributed by atoms with Gasteiger partial charge in [0.15, 0.2) is 0 Å². The first kappa shape index (κ1) is 21.4. The normalized spacial score (nSPS) is 18.7. The first-order valence-corrected chi connectivity index (χ1v) is 11.7. The van der Waals surface area contributed by atoms with Gasteiger partial charge in [-0.15, -0.1) is 0 Å². The standard InChI is InChI=1S/C26H29N5O2/c32-23(16-20-7-4-11-27-17-20)30-12-8-21(9-13-30)26-25-22(28-18-29-25)10-14-31(26)24(33)15-19-5-2-1-3-6-19/h1-7,11,17-18,21,26H,8-10,12-16H2,(H,28,29)/t26-/m0/s1. The predicted octanol–water partition coefficient (Wildman–Crippen LogP) is 2.95. The third kappa shape index (κ3) is 4.67. The summed E-state index contributed by atoms with van der Waals surface area (Å²) in [5.41, 5.74) is 4.11. The Kier molecular flexibility index (Phi) is 6.19. The molecule has 0 saturated carbocycles. The second-order valence-electron chi connectivity index (χ2n) is 8.97. The zero-order valence-electron chi connectivity index (χ0n) is 18.7. The Bertz CT molecular complexity index is 1090. The van der Waals surface area contributed by atoms with E-state index in [9.17, 15) is 9.59 Å². The van der Waals surface area contributed by atoms with E-state index >= 15 is 0 Å². The van der Waals surface area contributed by atoms with Gasteiger partial charge in [0.1, 0.15) is 0 Å². The van der Waals surface area contributed by atoms with E-state index in [1.165, 1.54) is 0 Å². The van der Waals surface area contributed by atoms with E-state index in [1.54, 1.807) is 18.7 Å². The number of aromatic amines is 1. The summed E-state index contributed by atoms with van der Waals surface area (Å²) in [5, 5.41) is 0. The number of nitrogens with zero attached hydrogens (tertiary/aromatic N) is 4. The van der Waals surface area contributed by atoms with Gasteiger partial charge in [-0.05, 0) is 36.0 Å². The van der Waals surface area contributed by atoms with Crippen LogP contribution in [0, 0.1) is 5.92 Å². The van der Waals surface area contributed by atoms with Crippen molar-refractivity contribution in [3.05, 3.63) is 83.7 Å². The number of carbonyl (C=O) groups is 2. The molecule has 0 radical (unpaired) electrons. The third-order valence-corrected chi connectivity index (χ3v) is 6.91. The topological polar surface area (TPSA) is 82.2 Å². The number of hydrogen-bond acceptors (Lipinski definition) is 4. The molecular weight excluding hydrogens is 414 g/mol. The number of nitrogens with one attached hydrogen (secondary N) is 1. The first-order chi connectivity index (χ1) is 16.2. The number of fused-ring (bicyclic) bond motifs is 1. The minimum absolute atomic E-state index is 0.0354. The molecule has 1 fully saturated rings. The molecule has 5 rings (SSSR count). The molecule has 1 N–H and O–H groups in total. The van der Waals surface area contributed by atoms with Crippen LogP contribution in [0.5, 0.6) is 0 Å². The number of hydrogen-bond donors (Lipinski definition) is 1. The van der Waals surface area contributed by atoms with Gasteiger partial charge in [-0.25, -0.2) is 4.98 Å². The van der Waals surface area contributed by atoms with Gasteiger partial charge in [0.2, 0.25) is 11.8 Å². The Morgan fingerprint density at radius 3 is 2.45 bits per heavy atom. The molecule has 0 bridgehead atoms. The van der Waals surface area contributed by atoms with Crippen LogP contribution < -0.4 is 0 Å². The second-order valence-corrected chi connectivity index (χ2v) is 8.97. The quantitative estimate of drug-likeness (QED) is 0.657. The van der Waals surface area contributed by atoms with Gasteiger partial charge in [-0.1, -0.05) is 36.4 Å². The fourth-order valence-electron chi connectivity index (χ4n) is 5.19. The van der Waals surface area contributed by atoms with Gasteiger partial charge in [0.25, 0.3) is 0 Å². The molecular formula is C26H29N5O2. The van der Waals surface area contributed by atoms with Crippen molar-refractivity contribution in [3.8, 4) is 0 Å². The number of benzene rings is 1. The molecule has 1 saturated heterocycles. The summed E-state index contributed by atoms with van der Waals surface area (Å²) in [6.45, 7) is 2.12. The predicted molar refractivity (Wildman–Crippen MR) is 124 cm³/mol. The minimum Gasteiger partial charge on any atom is -0.348 e. The molecule has 1 atom stereocenters. The van der Waals surface area contributed by atoms with Crippen LogP contribution in [0.2, 0.25) is 0 Å². The van der Waals surface area contributed by atoms with Crippen molar-refractivity contribution in [1.82, 2.24) is 24.8 Å². The lowest BCUT2D eigenvalue weighted by Crippen LogP contribution is -2.48. The number of carbonyl (C=O) groups excluding carboxylic acids is 2. The molecule has 0 spiro atoms. The molecule has 2 aromatic heterocycles. The molecule has 7 heteroatoms. The lowest BCUT2D eigenvalue weighted by atomic mass is 9.83. The Morgan fingerprint density at radius 2 is 1.70 bits per heavy atom. The van der Waals surface area contributed by atoms with Crippen LogP contribution in [0.25, 0.3) is 0 Å². The van der Waals surface area contributed by atoms with Gasteiger partial charge in [-0.2, -0.15) is 0 Å². The van der Waals surface area contributed by atoms with Crippen LogP contribution >= 0.6 is 0 Å². The maximum atomic E-state index is 13.3. The number of pyridine rings is 1. The number of piperidine rings is 1. The van der Waals surface area contributed by atoms with E-state index in [2.05, 4.69) is 15.0 Å². The lowest BCUT2D eigenvalue weighted by molar-refractivity contribution is -0.137. The summed E-state index contributed by atoms with van der Waals surface area (Å²) >= 11 is 0. The maximum Gasteiger partial charge on any atom is 0.227 e. The van der Waals surface area contributed by atoms with E-state index < -0.39 is 0 Å². The van der Waals surface area contributed by atoms with E-state index in [1.807, 2.05) is 52.3 Å². The monoisotopic (exact) mass is 443 g/mol. The molecule has 7 nitrogen and oxygen atoms in total. The molecule has 3 aromatic rings. The number of aromatic nitrogens is 3. The SMILES string of the molecule is O=C(Cc1cccnc1)N1CCC([C@H]2c3nc[nH]c3CCN2C(=O)Cc2ccccc2)CC1. The highest BCUT2D eigenvalue weighted by Gasteiger charge is 2.39. The Morgan fingerprint density at radius 1 is 0.939 bits per heavy atom. The highest BCUT2D eigenvalue weighted by Crippen LogP contribution is 2.39. The molecule has 2 aliphatic rings. The summed E-state index contributed by atoms with van der Waals surface area (Å²) in [4.78, 5) is 42.1. The summed E-state index contributed by atoms with van der Waals surface area (Å²) in [5.74, 6) is 0.576. The van der Waals surface area contributed by atoms with E-state index in [4.69, 9.17) is 0 Å². The van der Waals surface area contributed by atoms with Crippen LogP contribution in [-0.2, 0) is 28.9 Å². The molecule has 170 valence electrons. The molecule has 2 aliphatic heterocycles. The first-order valence-electron chi connectivity index (χ1n) is 11.7. The Hall–Kier alpha value is -3.48. The summed E-state index contributed by atoms with van der Waals surface area (Å²) in [7, 11) is 0. The van der Waals surface area contributed by atoms with E-state index in [0.717, 1.165) is 41.8 Å². The Labute approximate surface area is 193 Å². The smallest absolute Gasteiger partial charge is 0.227 e. The zero-order chi connectivity index (χ0) is 22.6. The van der Waals surface area contributed by atoms with E-state index in [-0.39, 0.29) is 23.8 Å². The molecule has 0 unspecified atom stereocenters. The fraction of sp³-hybridized carbons (Fsp3) is 0.385. The van der Waals surface area contributed by atoms with Crippen molar-refractivity contribution in [2.24, 2.45) is 5.92 Å². The van der Waals surface area contributed by atoms with E-state index in [0.29, 0.717) is 32.5 Å². The number of imidazole rings is 1. The van der Waals surface area contributed by atoms with Gasteiger partial charge in [0.05, 0.1) is 30.9 Å². The third-order valence-electron chi connectivity index (χ3n) is 6.91. The van der Waals surface area contributed by atoms with Crippen LogP contribution in [-0.4, -0.2) is 56.2 Å². The zero-order valence-corrected chi connectivity index (χ0v) is 18.7. The van der Waals surface area contributed by atoms with Crippen molar-refractivity contribution in [3.63, 3.8) is 0 Å². The summed E-state index contributed by atoms with van der Waals surface area (Å²) < 4.78 is 0. The number of H-pyrrole nitrogens is 1. The number of likely N-dealkylation sites (tertiary alicyclic amines) is 1. The Balaban J connectivity index is 1.28. The fourth-order valence-corrected chi connectivity index (χ4v) is 5.19. The summed E-state index contributed by atoms with van der Waals surface area (Å²) in [6, 6.07) is 13.7. The van der Waals surface area contributed by atoms with Crippen molar-refractivity contribution < 1.29 is 9.59 Å². The van der Waals surface area contributed by atoms with Crippen molar-refractivity contribution in [2.45, 2.75) is 38.1 Å². The number of rotatable bonds is 5. The second kappa shape index (κ2) is 9.57. The van der Waals surface area contributed by atoms with Gasteiger partial charge in [-0.3, -0.25) is 14.6 Å². The van der Waals surface area contributed by atoms with Crippen molar-refractivity contribution in [1.29, 1.82) is 0 Å². The molecule has 33 heavy (non-hydrogen) atoms. The molecule has 2 amide bonds. The van der Waals surface area contributed by atoms with Crippen LogP contribution in [0.4, 0.5) is 0 Å². The van der Waals surface area contributed by atoms with Gasteiger partial charge < -0.3 is 14.8 Å². The number of amides is 2. The minimum atomic E-state index is -0.0354. The van der Waals surface area contributed by atoms with Crippen LogP contribution in [0.3, 0.4) is 0 Å². The molecule has 0 aliphatic carbocycles. The molecule has 4 heterocycles. The maximum absolute atomic E-state index is 13.3. The van der Waals surface area contributed by atoms with Gasteiger partial charge >= 0.3 is 0 Å². The average molecular weight is 444 g/mol.